The number of thiazole rings is 1. The molecule has 4 aromatic rings. The van der Waals surface area contributed by atoms with Crippen LogP contribution in [0.1, 0.15) is 16.8 Å². The number of hydrogen-bond donors (Lipinski definition) is 0. The van der Waals surface area contributed by atoms with Crippen molar-refractivity contribution >= 4 is 44.2 Å². The lowest BCUT2D eigenvalue weighted by atomic mass is 9.84. The highest BCUT2D eigenvalue weighted by Crippen LogP contribution is 2.36. The van der Waals surface area contributed by atoms with Crippen LogP contribution < -0.4 is 4.90 Å². The fourth-order valence-electron chi connectivity index (χ4n) is 5.06. The highest BCUT2D eigenvalue weighted by Gasteiger charge is 2.37. The number of halogens is 1. The van der Waals surface area contributed by atoms with Crippen molar-refractivity contribution in [1.82, 2.24) is 19.7 Å². The minimum absolute atomic E-state index is 0.0916. The van der Waals surface area contributed by atoms with E-state index < -0.39 is 0 Å². The van der Waals surface area contributed by atoms with Gasteiger partial charge in [-0.25, -0.2) is 9.67 Å². The van der Waals surface area contributed by atoms with Crippen LogP contribution in [0.5, 0.6) is 0 Å². The minimum atomic E-state index is 0.0916. The topological polar surface area (TPSA) is 54.3 Å². The molecule has 6 rings (SSSR count). The van der Waals surface area contributed by atoms with Gasteiger partial charge >= 0.3 is 0 Å². The fourth-order valence-corrected chi connectivity index (χ4v) is 6.32. The first-order chi connectivity index (χ1) is 15.6. The summed E-state index contributed by atoms with van der Waals surface area (Å²) in [5.41, 5.74) is 2.53. The summed E-state index contributed by atoms with van der Waals surface area (Å²) in [6.45, 7) is 3.40. The van der Waals surface area contributed by atoms with Crippen LogP contribution in [0.3, 0.4) is 0 Å². The standard InChI is InChI=1S/C24H22ClN5OS/c25-18-6-7-20-22(11-18)32-24(27-20)29-14-16-10-17(15-29)13-28(12-16)23(31)19-4-1-2-5-21(19)30-9-3-8-26-30/h1-9,11,16-17H,10,12-15H2. The van der Waals surface area contributed by atoms with Crippen molar-refractivity contribution in [3.8, 4) is 5.69 Å². The number of amides is 1. The van der Waals surface area contributed by atoms with Gasteiger partial charge in [-0.2, -0.15) is 5.10 Å². The Labute approximate surface area is 195 Å². The van der Waals surface area contributed by atoms with Gasteiger partial charge in [0.1, 0.15) is 0 Å². The quantitative estimate of drug-likeness (QED) is 0.440. The monoisotopic (exact) mass is 463 g/mol. The van der Waals surface area contributed by atoms with E-state index in [9.17, 15) is 4.79 Å². The number of likely N-dealkylation sites (tertiary alicyclic amines) is 1. The molecule has 0 saturated carbocycles. The van der Waals surface area contributed by atoms with E-state index in [2.05, 4.69) is 10.00 Å². The highest BCUT2D eigenvalue weighted by molar-refractivity contribution is 7.22. The first-order valence-corrected chi connectivity index (χ1v) is 12.0. The maximum absolute atomic E-state index is 13.5. The largest absolute Gasteiger partial charge is 0.347 e. The average Bonchev–Trinajstić information content (AvgIpc) is 3.48. The van der Waals surface area contributed by atoms with Crippen LogP contribution in [0.25, 0.3) is 15.9 Å². The predicted molar refractivity (Wildman–Crippen MR) is 128 cm³/mol. The number of fused-ring (bicyclic) bond motifs is 3. The Bertz CT molecular complexity index is 1270. The minimum Gasteiger partial charge on any atom is -0.347 e. The predicted octanol–water partition coefficient (Wildman–Crippen LogP) is 4.73. The number of benzene rings is 2. The smallest absolute Gasteiger partial charge is 0.256 e. The molecular weight excluding hydrogens is 442 g/mol. The first kappa shape index (κ1) is 19.8. The third kappa shape index (κ3) is 3.55. The molecule has 0 N–H and O–H groups in total. The van der Waals surface area contributed by atoms with Crippen molar-refractivity contribution in [1.29, 1.82) is 0 Å². The van der Waals surface area contributed by atoms with Gasteiger partial charge in [0.15, 0.2) is 5.13 Å². The second-order valence-corrected chi connectivity index (χ2v) is 10.1. The van der Waals surface area contributed by atoms with E-state index in [-0.39, 0.29) is 5.91 Å². The molecule has 2 atom stereocenters. The third-order valence-corrected chi connectivity index (χ3v) is 7.68. The van der Waals surface area contributed by atoms with Crippen molar-refractivity contribution in [2.75, 3.05) is 31.1 Å². The Morgan fingerprint density at radius 2 is 1.84 bits per heavy atom. The van der Waals surface area contributed by atoms with Crippen molar-refractivity contribution in [2.24, 2.45) is 11.8 Å². The summed E-state index contributed by atoms with van der Waals surface area (Å²) in [5, 5.41) is 6.12. The number of rotatable bonds is 3. The zero-order chi connectivity index (χ0) is 21.7. The molecule has 8 heteroatoms. The molecule has 2 bridgehead atoms. The zero-order valence-electron chi connectivity index (χ0n) is 17.4. The summed E-state index contributed by atoms with van der Waals surface area (Å²) in [6.07, 6.45) is 4.77. The molecule has 2 unspecified atom stereocenters. The van der Waals surface area contributed by atoms with Crippen LogP contribution >= 0.6 is 22.9 Å². The van der Waals surface area contributed by atoms with Gasteiger partial charge in [-0.1, -0.05) is 35.1 Å². The van der Waals surface area contributed by atoms with Crippen LogP contribution in [0, 0.1) is 11.8 Å². The van der Waals surface area contributed by atoms with Gasteiger partial charge in [-0.15, -0.1) is 0 Å². The molecule has 0 radical (unpaired) electrons. The molecule has 2 aliphatic heterocycles. The Kier molecular flexibility index (Phi) is 4.88. The number of carbonyl (C=O) groups is 1. The lowest BCUT2D eigenvalue weighted by Crippen LogP contribution is -2.54. The molecular formula is C24H22ClN5OS. The summed E-state index contributed by atoms with van der Waals surface area (Å²) < 4.78 is 2.88. The molecule has 0 aliphatic carbocycles. The number of piperidine rings is 2. The number of anilines is 1. The molecule has 2 aliphatic rings. The third-order valence-electron chi connectivity index (χ3n) is 6.36. The average molecular weight is 464 g/mol. The van der Waals surface area contributed by atoms with E-state index in [0.717, 1.165) is 58.7 Å². The Morgan fingerprint density at radius 1 is 1.03 bits per heavy atom. The maximum Gasteiger partial charge on any atom is 0.256 e. The van der Waals surface area contributed by atoms with Crippen molar-refractivity contribution in [2.45, 2.75) is 6.42 Å². The summed E-state index contributed by atoms with van der Waals surface area (Å²) in [6, 6.07) is 15.5. The van der Waals surface area contributed by atoms with Crippen LogP contribution in [0.2, 0.25) is 5.02 Å². The van der Waals surface area contributed by atoms with Crippen LogP contribution in [0.4, 0.5) is 5.13 Å². The van der Waals surface area contributed by atoms with Crippen LogP contribution in [0.15, 0.2) is 60.9 Å². The summed E-state index contributed by atoms with van der Waals surface area (Å²) >= 11 is 7.86. The normalized spacial score (nSPS) is 20.7. The van der Waals surface area contributed by atoms with Crippen molar-refractivity contribution < 1.29 is 4.79 Å². The lowest BCUT2D eigenvalue weighted by molar-refractivity contribution is 0.0564. The van der Waals surface area contributed by atoms with E-state index in [0.29, 0.717) is 17.4 Å². The number of nitrogens with zero attached hydrogens (tertiary/aromatic N) is 5. The van der Waals surface area contributed by atoms with E-state index in [4.69, 9.17) is 16.6 Å². The van der Waals surface area contributed by atoms with E-state index in [1.54, 1.807) is 22.2 Å². The molecule has 6 nitrogen and oxygen atoms in total. The number of para-hydroxylation sites is 1. The Morgan fingerprint density at radius 3 is 2.62 bits per heavy atom. The first-order valence-electron chi connectivity index (χ1n) is 10.8. The van der Waals surface area contributed by atoms with E-state index in [1.807, 2.05) is 59.6 Å². The van der Waals surface area contributed by atoms with Gasteiger partial charge in [0, 0.05) is 43.6 Å². The maximum atomic E-state index is 13.5. The Hall–Kier alpha value is -2.90. The molecule has 162 valence electrons. The van der Waals surface area contributed by atoms with Gasteiger partial charge in [-0.05, 0) is 54.7 Å². The SMILES string of the molecule is O=C(c1ccccc1-n1cccn1)N1CC2CC(C1)CN(c1nc3ccc(Cl)cc3s1)C2. The second-order valence-electron chi connectivity index (χ2n) is 8.66. The second kappa shape index (κ2) is 7.90. The molecule has 2 fully saturated rings. The molecule has 0 spiro atoms. The van der Waals surface area contributed by atoms with E-state index >= 15 is 0 Å². The molecule has 2 saturated heterocycles. The lowest BCUT2D eigenvalue weighted by Gasteiger charge is -2.45. The zero-order valence-corrected chi connectivity index (χ0v) is 19.0. The fraction of sp³-hybridized carbons (Fsp3) is 0.292. The van der Waals surface area contributed by atoms with Gasteiger partial charge in [-0.3, -0.25) is 4.79 Å². The molecule has 2 aromatic carbocycles. The Balaban J connectivity index is 1.22. The van der Waals surface area contributed by atoms with Crippen LogP contribution in [-0.4, -0.2) is 51.8 Å². The summed E-state index contributed by atoms with van der Waals surface area (Å²) in [4.78, 5) is 22.8. The molecule has 1 amide bonds. The number of carbonyl (C=O) groups excluding carboxylic acids is 1. The number of hydrogen-bond acceptors (Lipinski definition) is 5. The van der Waals surface area contributed by atoms with Crippen molar-refractivity contribution in [3.05, 3.63) is 71.5 Å². The number of aromatic nitrogens is 3. The molecule has 4 heterocycles. The van der Waals surface area contributed by atoms with Gasteiger partial charge in [0.2, 0.25) is 0 Å². The highest BCUT2D eigenvalue weighted by atomic mass is 35.5. The van der Waals surface area contributed by atoms with Crippen molar-refractivity contribution in [3.63, 3.8) is 0 Å². The summed E-state index contributed by atoms with van der Waals surface area (Å²) in [5.74, 6) is 0.978. The van der Waals surface area contributed by atoms with Gasteiger partial charge < -0.3 is 9.80 Å². The molecule has 32 heavy (non-hydrogen) atoms. The summed E-state index contributed by atoms with van der Waals surface area (Å²) in [7, 11) is 0. The van der Waals surface area contributed by atoms with Crippen LogP contribution in [-0.2, 0) is 0 Å². The molecule has 2 aromatic heterocycles. The van der Waals surface area contributed by atoms with Gasteiger partial charge in [0.05, 0.1) is 21.5 Å². The van der Waals surface area contributed by atoms with E-state index in [1.165, 1.54) is 0 Å². The van der Waals surface area contributed by atoms with Gasteiger partial charge in [0.25, 0.3) is 5.91 Å².